The van der Waals surface area contributed by atoms with E-state index >= 15 is 0 Å². The van der Waals surface area contributed by atoms with Crippen molar-refractivity contribution in [2.75, 3.05) is 49.7 Å². The Morgan fingerprint density at radius 2 is 1.96 bits per heavy atom. The Hall–Kier alpha value is -0.500. The molecule has 0 aliphatic carbocycles. The first-order valence-electron chi connectivity index (χ1n) is 8.29. The molecule has 0 spiro atoms. The summed E-state index contributed by atoms with van der Waals surface area (Å²) in [5.74, 6) is 2.25. The van der Waals surface area contributed by atoms with E-state index in [-0.39, 0.29) is 30.7 Å². The van der Waals surface area contributed by atoms with Crippen molar-refractivity contribution in [1.29, 1.82) is 0 Å². The Morgan fingerprint density at radius 3 is 2.60 bits per heavy atom. The van der Waals surface area contributed by atoms with Crippen molar-refractivity contribution in [1.82, 2.24) is 10.2 Å². The van der Waals surface area contributed by atoms with E-state index in [9.17, 15) is 4.79 Å². The standard InChI is InChI=1S/C17H25N3O2S.2ClH/c21-17(11-16-13-23-10-5-18-16)19-15-3-1-14(2-4-15)12-20-6-8-22-9-7-20;;/h1-4,16,18H,5-13H2,(H,19,21);2*1H. The SMILES string of the molecule is Cl.Cl.O=C(CC1CSCCN1)Nc1ccc(CN2CCOCC2)cc1. The molecule has 142 valence electrons. The largest absolute Gasteiger partial charge is 0.379 e. The molecule has 0 aromatic heterocycles. The maximum absolute atomic E-state index is 12.1. The van der Waals surface area contributed by atoms with Gasteiger partial charge in [-0.25, -0.2) is 0 Å². The molecule has 1 unspecified atom stereocenters. The van der Waals surface area contributed by atoms with E-state index in [2.05, 4.69) is 27.7 Å². The summed E-state index contributed by atoms with van der Waals surface area (Å²) in [5, 5.41) is 6.39. The fourth-order valence-electron chi connectivity index (χ4n) is 2.90. The third-order valence-electron chi connectivity index (χ3n) is 4.18. The zero-order chi connectivity index (χ0) is 15.9. The average molecular weight is 408 g/mol. The topological polar surface area (TPSA) is 53.6 Å². The number of thioether (sulfide) groups is 1. The molecule has 5 nitrogen and oxygen atoms in total. The number of carbonyl (C=O) groups is 1. The summed E-state index contributed by atoms with van der Waals surface area (Å²) in [6.45, 7) is 5.57. The number of morpholine rings is 1. The fraction of sp³-hybridized carbons (Fsp3) is 0.588. The number of nitrogens with zero attached hydrogens (tertiary/aromatic N) is 1. The van der Waals surface area contributed by atoms with Gasteiger partial charge in [-0.15, -0.1) is 24.8 Å². The Bertz CT molecular complexity index is 507. The number of hydrogen-bond donors (Lipinski definition) is 2. The first-order chi connectivity index (χ1) is 11.3. The number of benzene rings is 1. The quantitative estimate of drug-likeness (QED) is 0.784. The third kappa shape index (κ3) is 7.72. The van der Waals surface area contributed by atoms with Crippen LogP contribution in [0.3, 0.4) is 0 Å². The lowest BCUT2D eigenvalue weighted by molar-refractivity contribution is -0.116. The highest BCUT2D eigenvalue weighted by Gasteiger charge is 2.16. The minimum atomic E-state index is 0. The fourth-order valence-corrected chi connectivity index (χ4v) is 3.85. The molecule has 2 fully saturated rings. The van der Waals surface area contributed by atoms with Crippen LogP contribution in [0.4, 0.5) is 5.69 Å². The molecule has 3 rings (SSSR count). The molecule has 1 atom stereocenters. The molecule has 1 aromatic carbocycles. The van der Waals surface area contributed by atoms with Crippen LogP contribution in [0.15, 0.2) is 24.3 Å². The maximum Gasteiger partial charge on any atom is 0.225 e. The molecule has 2 aliphatic heterocycles. The van der Waals surface area contributed by atoms with Gasteiger partial charge in [0, 0.05) is 55.8 Å². The molecule has 0 radical (unpaired) electrons. The predicted molar refractivity (Wildman–Crippen MR) is 109 cm³/mol. The number of halogens is 2. The van der Waals surface area contributed by atoms with Gasteiger partial charge in [0.15, 0.2) is 0 Å². The molecular formula is C17H27Cl2N3O2S. The van der Waals surface area contributed by atoms with Crippen LogP contribution in [0.2, 0.25) is 0 Å². The van der Waals surface area contributed by atoms with Crippen LogP contribution in [-0.4, -0.2) is 61.2 Å². The summed E-state index contributed by atoms with van der Waals surface area (Å²) < 4.78 is 5.37. The van der Waals surface area contributed by atoms with Gasteiger partial charge >= 0.3 is 0 Å². The summed E-state index contributed by atoms with van der Waals surface area (Å²) in [5.41, 5.74) is 2.15. The summed E-state index contributed by atoms with van der Waals surface area (Å²) in [6, 6.07) is 8.49. The second-order valence-electron chi connectivity index (χ2n) is 6.06. The number of anilines is 1. The monoisotopic (exact) mass is 407 g/mol. The minimum absolute atomic E-state index is 0. The molecular weight excluding hydrogens is 381 g/mol. The van der Waals surface area contributed by atoms with Crippen LogP contribution < -0.4 is 10.6 Å². The number of nitrogens with one attached hydrogen (secondary N) is 2. The van der Waals surface area contributed by atoms with Gasteiger partial charge in [0.05, 0.1) is 13.2 Å². The van der Waals surface area contributed by atoms with Gasteiger partial charge < -0.3 is 15.4 Å². The van der Waals surface area contributed by atoms with Crippen molar-refractivity contribution in [2.24, 2.45) is 0 Å². The second kappa shape index (κ2) is 12.0. The van der Waals surface area contributed by atoms with Gasteiger partial charge in [0.2, 0.25) is 5.91 Å². The Labute approximate surface area is 166 Å². The van der Waals surface area contributed by atoms with Crippen molar-refractivity contribution in [3.05, 3.63) is 29.8 Å². The number of carbonyl (C=O) groups excluding carboxylic acids is 1. The molecule has 1 amide bonds. The van der Waals surface area contributed by atoms with E-state index in [0.717, 1.165) is 56.6 Å². The molecule has 2 N–H and O–H groups in total. The molecule has 2 aliphatic rings. The van der Waals surface area contributed by atoms with Gasteiger partial charge in [0.1, 0.15) is 0 Å². The van der Waals surface area contributed by atoms with Crippen molar-refractivity contribution < 1.29 is 9.53 Å². The first kappa shape index (κ1) is 22.5. The van der Waals surface area contributed by atoms with Crippen LogP contribution in [0.25, 0.3) is 0 Å². The molecule has 1 aromatic rings. The molecule has 2 saturated heterocycles. The zero-order valence-electron chi connectivity index (χ0n) is 14.2. The number of ether oxygens (including phenoxy) is 1. The Kier molecular flexibility index (Phi) is 10.8. The highest BCUT2D eigenvalue weighted by atomic mass is 35.5. The van der Waals surface area contributed by atoms with E-state index in [1.165, 1.54) is 5.56 Å². The lowest BCUT2D eigenvalue weighted by Crippen LogP contribution is -2.39. The molecule has 8 heteroatoms. The van der Waals surface area contributed by atoms with Crippen molar-refractivity contribution in [2.45, 2.75) is 19.0 Å². The molecule has 25 heavy (non-hydrogen) atoms. The summed E-state index contributed by atoms with van der Waals surface area (Å²) >= 11 is 1.91. The molecule has 0 saturated carbocycles. The first-order valence-corrected chi connectivity index (χ1v) is 9.45. The Balaban J connectivity index is 0.00000156. The van der Waals surface area contributed by atoms with E-state index in [1.54, 1.807) is 0 Å². The molecule has 0 bridgehead atoms. The predicted octanol–water partition coefficient (Wildman–Crippen LogP) is 2.40. The summed E-state index contributed by atoms with van der Waals surface area (Å²) in [6.07, 6.45) is 0.544. The third-order valence-corrected chi connectivity index (χ3v) is 5.31. The number of amides is 1. The van der Waals surface area contributed by atoms with E-state index in [1.807, 2.05) is 23.9 Å². The highest BCUT2D eigenvalue weighted by molar-refractivity contribution is 7.99. The minimum Gasteiger partial charge on any atom is -0.379 e. The van der Waals surface area contributed by atoms with Gasteiger partial charge in [-0.05, 0) is 17.7 Å². The smallest absolute Gasteiger partial charge is 0.225 e. The van der Waals surface area contributed by atoms with E-state index in [4.69, 9.17) is 4.74 Å². The Morgan fingerprint density at radius 1 is 1.24 bits per heavy atom. The van der Waals surface area contributed by atoms with Crippen LogP contribution in [-0.2, 0) is 16.1 Å². The maximum atomic E-state index is 12.1. The highest BCUT2D eigenvalue weighted by Crippen LogP contribution is 2.14. The lowest BCUT2D eigenvalue weighted by Gasteiger charge is -2.26. The number of rotatable bonds is 5. The van der Waals surface area contributed by atoms with Crippen LogP contribution in [0.5, 0.6) is 0 Å². The van der Waals surface area contributed by atoms with Crippen molar-refractivity contribution >= 4 is 48.2 Å². The van der Waals surface area contributed by atoms with Crippen molar-refractivity contribution in [3.8, 4) is 0 Å². The molecule has 2 heterocycles. The van der Waals surface area contributed by atoms with Gasteiger partial charge in [0.25, 0.3) is 0 Å². The van der Waals surface area contributed by atoms with Crippen molar-refractivity contribution in [3.63, 3.8) is 0 Å². The lowest BCUT2D eigenvalue weighted by atomic mass is 10.1. The zero-order valence-corrected chi connectivity index (χ0v) is 16.7. The summed E-state index contributed by atoms with van der Waals surface area (Å²) in [4.78, 5) is 14.5. The average Bonchev–Trinajstić information content (AvgIpc) is 2.58. The summed E-state index contributed by atoms with van der Waals surface area (Å²) in [7, 11) is 0. The number of hydrogen-bond acceptors (Lipinski definition) is 5. The normalized spacial score (nSPS) is 20.9. The van der Waals surface area contributed by atoms with Gasteiger partial charge in [-0.3, -0.25) is 9.69 Å². The van der Waals surface area contributed by atoms with Gasteiger partial charge in [-0.1, -0.05) is 12.1 Å². The van der Waals surface area contributed by atoms with Gasteiger partial charge in [-0.2, -0.15) is 11.8 Å². The van der Waals surface area contributed by atoms with Crippen LogP contribution in [0.1, 0.15) is 12.0 Å². The van der Waals surface area contributed by atoms with E-state index in [0.29, 0.717) is 12.5 Å². The van der Waals surface area contributed by atoms with E-state index < -0.39 is 0 Å². The second-order valence-corrected chi connectivity index (χ2v) is 7.21. The van der Waals surface area contributed by atoms with Crippen LogP contribution >= 0.6 is 36.6 Å². The van der Waals surface area contributed by atoms with Crippen LogP contribution in [0, 0.1) is 0 Å².